The number of halogens is 1. The van der Waals surface area contributed by atoms with E-state index >= 15 is 0 Å². The Morgan fingerprint density at radius 2 is 1.92 bits per heavy atom. The van der Waals surface area contributed by atoms with Gasteiger partial charge in [-0.1, -0.05) is 24.3 Å². The highest BCUT2D eigenvalue weighted by Gasteiger charge is 2.28. The molecule has 0 heterocycles. The van der Waals surface area contributed by atoms with Crippen LogP contribution in [-0.4, -0.2) is 20.5 Å². The summed E-state index contributed by atoms with van der Waals surface area (Å²) in [4.78, 5) is 11.1. The minimum Gasteiger partial charge on any atom is -0.386 e. The smallest absolute Gasteiger partial charge is 0.221 e. The number of rotatable bonds is 6. The highest BCUT2D eigenvalue weighted by Crippen LogP contribution is 2.46. The number of nitrogens with zero attached hydrogens (tertiary/aromatic N) is 1. The summed E-state index contributed by atoms with van der Waals surface area (Å²) >= 11 is 0. The lowest BCUT2D eigenvalue weighted by molar-refractivity contribution is -0.109. The molecule has 1 aliphatic rings. The molecular weight excluding hydrogens is 331 g/mol. The number of hydrazine groups is 1. The molecule has 1 fully saturated rings. The standard InChI is InChI=1S/C19H23FN2.CH4N2O/c1-13-6-4-8-17(20)16(13)12-22(3)19-15(14-10-11-14)7-5-9-18(19)21-2;2-3-1-4/h4-9,14,21H,10-12H2,1-3H3;1H,2H2,(H,3,4). The first-order valence-electron chi connectivity index (χ1n) is 8.69. The van der Waals surface area contributed by atoms with Crippen LogP contribution in [0.3, 0.4) is 0 Å². The summed E-state index contributed by atoms with van der Waals surface area (Å²) in [5.41, 5.74) is 7.22. The van der Waals surface area contributed by atoms with Crippen molar-refractivity contribution in [3.05, 3.63) is 58.9 Å². The normalized spacial score (nSPS) is 12.7. The molecular formula is C20H27FN4O. The van der Waals surface area contributed by atoms with Crippen molar-refractivity contribution in [1.29, 1.82) is 0 Å². The molecule has 1 aliphatic carbocycles. The third kappa shape index (κ3) is 4.73. The molecule has 2 aromatic rings. The van der Waals surface area contributed by atoms with Gasteiger partial charge in [0, 0.05) is 26.2 Å². The SMILES string of the molecule is CNc1cccc(C2CC2)c1N(C)Cc1c(C)cccc1F.NNC=O. The maximum Gasteiger partial charge on any atom is 0.221 e. The van der Waals surface area contributed by atoms with Gasteiger partial charge >= 0.3 is 0 Å². The fourth-order valence-electron chi connectivity index (χ4n) is 3.10. The number of carbonyl (C=O) groups excluding carboxylic acids is 1. The summed E-state index contributed by atoms with van der Waals surface area (Å²) < 4.78 is 14.1. The zero-order valence-corrected chi connectivity index (χ0v) is 15.6. The van der Waals surface area contributed by atoms with Gasteiger partial charge < -0.3 is 10.2 Å². The molecule has 3 rings (SSSR count). The van der Waals surface area contributed by atoms with E-state index in [0.29, 0.717) is 18.9 Å². The maximum absolute atomic E-state index is 14.1. The van der Waals surface area contributed by atoms with Gasteiger partial charge in [0.05, 0.1) is 11.4 Å². The molecule has 0 aliphatic heterocycles. The van der Waals surface area contributed by atoms with E-state index in [1.54, 1.807) is 17.6 Å². The number of hydrogen-bond donors (Lipinski definition) is 3. The van der Waals surface area contributed by atoms with Crippen molar-refractivity contribution in [2.45, 2.75) is 32.2 Å². The number of amides is 1. The van der Waals surface area contributed by atoms with Crippen molar-refractivity contribution in [3.8, 4) is 0 Å². The molecule has 6 heteroatoms. The number of nitrogens with one attached hydrogen (secondary N) is 2. The van der Waals surface area contributed by atoms with Crippen molar-refractivity contribution < 1.29 is 9.18 Å². The average Bonchev–Trinajstić information content (AvgIpc) is 3.49. The van der Waals surface area contributed by atoms with Crippen molar-refractivity contribution in [2.75, 3.05) is 24.3 Å². The van der Waals surface area contributed by atoms with E-state index in [1.807, 2.05) is 27.1 Å². The molecule has 1 saturated carbocycles. The summed E-state index contributed by atoms with van der Waals surface area (Å²) in [7, 11) is 3.99. The van der Waals surface area contributed by atoms with Gasteiger partial charge in [-0.3, -0.25) is 10.2 Å². The zero-order chi connectivity index (χ0) is 19.1. The molecule has 2 aromatic carbocycles. The van der Waals surface area contributed by atoms with E-state index in [2.05, 4.69) is 34.3 Å². The Kier molecular flexibility index (Phi) is 6.97. The Bertz CT molecular complexity index is 726. The van der Waals surface area contributed by atoms with Crippen LogP contribution in [0.15, 0.2) is 36.4 Å². The highest BCUT2D eigenvalue weighted by molar-refractivity contribution is 5.74. The number of hydrogen-bond acceptors (Lipinski definition) is 4. The van der Waals surface area contributed by atoms with Crippen LogP contribution < -0.4 is 21.5 Å². The summed E-state index contributed by atoms with van der Waals surface area (Å²) in [6.45, 7) is 2.55. The predicted molar refractivity (Wildman–Crippen MR) is 105 cm³/mol. The van der Waals surface area contributed by atoms with Crippen LogP contribution in [0, 0.1) is 12.7 Å². The zero-order valence-electron chi connectivity index (χ0n) is 15.6. The van der Waals surface area contributed by atoms with E-state index in [4.69, 9.17) is 4.79 Å². The monoisotopic (exact) mass is 358 g/mol. The number of carbonyl (C=O) groups is 1. The van der Waals surface area contributed by atoms with Gasteiger partial charge in [0.2, 0.25) is 6.41 Å². The Hall–Kier alpha value is -2.60. The topological polar surface area (TPSA) is 70.4 Å². The Morgan fingerprint density at radius 3 is 2.46 bits per heavy atom. The third-order valence-electron chi connectivity index (χ3n) is 4.55. The van der Waals surface area contributed by atoms with Gasteiger partial charge in [0.1, 0.15) is 5.82 Å². The van der Waals surface area contributed by atoms with E-state index in [0.717, 1.165) is 16.8 Å². The summed E-state index contributed by atoms with van der Waals surface area (Å²) in [6.07, 6.45) is 2.92. The Balaban J connectivity index is 0.000000552. The van der Waals surface area contributed by atoms with E-state index < -0.39 is 0 Å². The Labute approximate surface area is 154 Å². The van der Waals surface area contributed by atoms with Crippen LogP contribution >= 0.6 is 0 Å². The molecule has 0 bridgehead atoms. The first kappa shape index (κ1) is 19.7. The molecule has 4 N–H and O–H groups in total. The van der Waals surface area contributed by atoms with Crippen molar-refractivity contribution >= 4 is 17.8 Å². The lowest BCUT2D eigenvalue weighted by atomic mass is 10.0. The van der Waals surface area contributed by atoms with Crippen molar-refractivity contribution in [1.82, 2.24) is 5.43 Å². The fourth-order valence-corrected chi connectivity index (χ4v) is 3.10. The Morgan fingerprint density at radius 1 is 1.27 bits per heavy atom. The first-order chi connectivity index (χ1) is 12.5. The van der Waals surface area contributed by atoms with E-state index in [-0.39, 0.29) is 5.82 Å². The van der Waals surface area contributed by atoms with Gasteiger partial charge in [-0.15, -0.1) is 0 Å². The van der Waals surface area contributed by atoms with Gasteiger partial charge in [-0.2, -0.15) is 0 Å². The molecule has 0 spiro atoms. The molecule has 0 radical (unpaired) electrons. The fraction of sp³-hybridized carbons (Fsp3) is 0.350. The molecule has 140 valence electrons. The van der Waals surface area contributed by atoms with Crippen LogP contribution in [0.5, 0.6) is 0 Å². The third-order valence-corrected chi connectivity index (χ3v) is 4.55. The molecule has 0 atom stereocenters. The van der Waals surface area contributed by atoms with Gasteiger partial charge in [0.25, 0.3) is 0 Å². The van der Waals surface area contributed by atoms with E-state index in [9.17, 15) is 4.39 Å². The van der Waals surface area contributed by atoms with Crippen molar-refractivity contribution in [3.63, 3.8) is 0 Å². The van der Waals surface area contributed by atoms with Gasteiger partial charge in [0.15, 0.2) is 0 Å². The molecule has 1 amide bonds. The minimum atomic E-state index is -0.123. The van der Waals surface area contributed by atoms with Crippen LogP contribution in [0.2, 0.25) is 0 Å². The largest absolute Gasteiger partial charge is 0.386 e. The average molecular weight is 358 g/mol. The first-order valence-corrected chi connectivity index (χ1v) is 8.69. The van der Waals surface area contributed by atoms with E-state index in [1.165, 1.54) is 24.1 Å². The second-order valence-corrected chi connectivity index (χ2v) is 6.44. The lowest BCUT2D eigenvalue weighted by Gasteiger charge is -2.26. The van der Waals surface area contributed by atoms with Gasteiger partial charge in [-0.25, -0.2) is 10.2 Å². The van der Waals surface area contributed by atoms with Gasteiger partial charge in [-0.05, 0) is 48.9 Å². The summed E-state index contributed by atoms with van der Waals surface area (Å²) in [5, 5.41) is 3.28. The number of para-hydroxylation sites is 1. The summed E-state index contributed by atoms with van der Waals surface area (Å²) in [6, 6.07) is 11.7. The van der Waals surface area contributed by atoms with Crippen LogP contribution in [-0.2, 0) is 11.3 Å². The molecule has 0 saturated heterocycles. The second-order valence-electron chi connectivity index (χ2n) is 6.44. The van der Waals surface area contributed by atoms with Crippen LogP contribution in [0.4, 0.5) is 15.8 Å². The molecule has 0 aromatic heterocycles. The number of nitrogens with two attached hydrogens (primary N) is 1. The molecule has 0 unspecified atom stereocenters. The quantitative estimate of drug-likeness (QED) is 0.321. The number of anilines is 2. The minimum absolute atomic E-state index is 0.123. The number of benzene rings is 2. The highest BCUT2D eigenvalue weighted by atomic mass is 19.1. The lowest BCUT2D eigenvalue weighted by Crippen LogP contribution is -2.20. The molecule has 26 heavy (non-hydrogen) atoms. The number of aryl methyl sites for hydroxylation is 1. The second kappa shape index (κ2) is 9.20. The van der Waals surface area contributed by atoms with Crippen LogP contribution in [0.1, 0.15) is 35.4 Å². The molecule has 5 nitrogen and oxygen atoms in total. The van der Waals surface area contributed by atoms with Crippen LogP contribution in [0.25, 0.3) is 0 Å². The van der Waals surface area contributed by atoms with Crippen molar-refractivity contribution in [2.24, 2.45) is 5.84 Å². The predicted octanol–water partition coefficient (Wildman–Crippen LogP) is 3.30. The maximum atomic E-state index is 14.1. The summed E-state index contributed by atoms with van der Waals surface area (Å²) in [5.74, 6) is 4.95.